The molecule has 0 aliphatic rings. The predicted octanol–water partition coefficient (Wildman–Crippen LogP) is 4.34. The molecule has 1 nitrogen and oxygen atoms in total. The summed E-state index contributed by atoms with van der Waals surface area (Å²) in [4.78, 5) is 3.07. The van der Waals surface area contributed by atoms with E-state index in [-0.39, 0.29) is 0 Å². The number of pyridine rings is 1. The highest BCUT2D eigenvalue weighted by Crippen LogP contribution is 2.42. The fourth-order valence-corrected chi connectivity index (χ4v) is 1.44. The summed E-state index contributed by atoms with van der Waals surface area (Å²) in [5.74, 6) is 0. The summed E-state index contributed by atoms with van der Waals surface area (Å²) in [6, 6.07) is 0. The first-order chi connectivity index (χ1) is 6.75. The van der Waals surface area contributed by atoms with Gasteiger partial charge in [-0.25, -0.2) is 13.8 Å². The van der Waals surface area contributed by atoms with Crippen LogP contribution in [0, 0.1) is 0 Å². The van der Waals surface area contributed by atoms with Crippen LogP contribution < -0.4 is 0 Å². The number of aromatic nitrogens is 1. The van der Waals surface area contributed by atoms with Gasteiger partial charge in [0, 0.05) is 6.20 Å². The lowest BCUT2D eigenvalue weighted by Crippen LogP contribution is -2.12. The van der Waals surface area contributed by atoms with Gasteiger partial charge in [0.25, 0.3) is 6.43 Å². The molecule has 0 bridgehead atoms. The van der Waals surface area contributed by atoms with Crippen LogP contribution >= 0.6 is 23.2 Å². The Morgan fingerprint density at radius 3 is 2.07 bits per heavy atom. The number of rotatable bonds is 1. The zero-order chi connectivity index (χ0) is 11.8. The molecule has 0 saturated carbocycles. The second kappa shape index (κ2) is 4.09. The number of hydrogen-bond donors (Lipinski definition) is 0. The molecule has 1 aromatic heterocycles. The van der Waals surface area contributed by atoms with Crippen molar-refractivity contribution in [2.75, 3.05) is 0 Å². The van der Waals surface area contributed by atoms with Crippen molar-refractivity contribution in [3.8, 4) is 0 Å². The van der Waals surface area contributed by atoms with Gasteiger partial charge in [-0.15, -0.1) is 0 Å². The average molecular weight is 266 g/mol. The predicted molar refractivity (Wildman–Crippen MR) is 44.2 cm³/mol. The first-order valence-corrected chi connectivity index (χ1v) is 4.20. The van der Waals surface area contributed by atoms with Crippen molar-refractivity contribution < 1.29 is 22.0 Å². The lowest BCUT2D eigenvalue weighted by atomic mass is 10.1. The second-order valence-electron chi connectivity index (χ2n) is 2.48. The van der Waals surface area contributed by atoms with Gasteiger partial charge in [-0.1, -0.05) is 23.2 Å². The monoisotopic (exact) mass is 265 g/mol. The molecule has 0 spiro atoms. The standard InChI is InChI=1S/C7H2Cl2F5N/c8-2-1-15-5(9)4(7(12,13)14)3(2)6(10)11/h1,6H. The minimum atomic E-state index is -5.01. The summed E-state index contributed by atoms with van der Waals surface area (Å²) in [6.45, 7) is 0. The van der Waals surface area contributed by atoms with Crippen LogP contribution in [0.3, 0.4) is 0 Å². The Hall–Kier alpha value is -0.620. The zero-order valence-corrected chi connectivity index (χ0v) is 8.26. The summed E-state index contributed by atoms with van der Waals surface area (Å²) in [5, 5.41) is -1.80. The number of hydrogen-bond acceptors (Lipinski definition) is 1. The molecule has 0 fully saturated rings. The van der Waals surface area contributed by atoms with Crippen LogP contribution in [0.5, 0.6) is 0 Å². The normalized spacial score (nSPS) is 12.3. The first kappa shape index (κ1) is 12.4. The van der Waals surface area contributed by atoms with Crippen molar-refractivity contribution in [2.24, 2.45) is 0 Å². The summed E-state index contributed by atoms with van der Waals surface area (Å²) in [5.41, 5.74) is -3.03. The van der Waals surface area contributed by atoms with E-state index in [1.807, 2.05) is 0 Å². The quantitative estimate of drug-likeness (QED) is 0.544. The number of nitrogens with zero attached hydrogens (tertiary/aromatic N) is 1. The third kappa shape index (κ3) is 2.49. The molecule has 8 heteroatoms. The molecular weight excluding hydrogens is 264 g/mol. The van der Waals surface area contributed by atoms with E-state index in [0.29, 0.717) is 6.20 Å². The van der Waals surface area contributed by atoms with Crippen molar-refractivity contribution >= 4 is 23.2 Å². The second-order valence-corrected chi connectivity index (χ2v) is 3.25. The third-order valence-corrected chi connectivity index (χ3v) is 2.11. The van der Waals surface area contributed by atoms with E-state index in [9.17, 15) is 22.0 Å². The van der Waals surface area contributed by atoms with Crippen LogP contribution in [0.1, 0.15) is 17.6 Å². The lowest BCUT2D eigenvalue weighted by molar-refractivity contribution is -0.139. The number of halogens is 7. The molecule has 84 valence electrons. The van der Waals surface area contributed by atoms with E-state index in [0.717, 1.165) is 0 Å². The van der Waals surface area contributed by atoms with Gasteiger partial charge in [-0.3, -0.25) is 0 Å². The smallest absolute Gasteiger partial charge is 0.242 e. The van der Waals surface area contributed by atoms with Crippen LogP contribution in [0.15, 0.2) is 6.20 Å². The summed E-state index contributed by atoms with van der Waals surface area (Å²) >= 11 is 10.3. The summed E-state index contributed by atoms with van der Waals surface area (Å²) < 4.78 is 61.7. The van der Waals surface area contributed by atoms with E-state index in [1.165, 1.54) is 0 Å². The molecule has 15 heavy (non-hydrogen) atoms. The maximum atomic E-state index is 12.3. The zero-order valence-electron chi connectivity index (χ0n) is 6.75. The average Bonchev–Trinajstić information content (AvgIpc) is 2.05. The molecule has 0 atom stereocenters. The molecule has 0 amide bonds. The van der Waals surface area contributed by atoms with Crippen LogP contribution in [0.2, 0.25) is 10.2 Å². The van der Waals surface area contributed by atoms with Gasteiger partial charge < -0.3 is 0 Å². The van der Waals surface area contributed by atoms with Crippen LogP contribution in [-0.2, 0) is 6.18 Å². The summed E-state index contributed by atoms with van der Waals surface area (Å²) in [7, 11) is 0. The van der Waals surface area contributed by atoms with Crippen LogP contribution in [-0.4, -0.2) is 4.98 Å². The number of alkyl halides is 5. The Morgan fingerprint density at radius 1 is 1.20 bits per heavy atom. The fraction of sp³-hybridized carbons (Fsp3) is 0.286. The first-order valence-electron chi connectivity index (χ1n) is 3.44. The Labute approximate surface area is 90.8 Å². The Morgan fingerprint density at radius 2 is 1.73 bits per heavy atom. The van der Waals surface area contributed by atoms with E-state index >= 15 is 0 Å². The Kier molecular flexibility index (Phi) is 3.40. The van der Waals surface area contributed by atoms with Gasteiger partial charge in [-0.05, 0) is 0 Å². The topological polar surface area (TPSA) is 12.9 Å². The molecule has 1 heterocycles. The van der Waals surface area contributed by atoms with Gasteiger partial charge in [-0.2, -0.15) is 13.2 Å². The SMILES string of the molecule is FC(F)c1c(Cl)cnc(Cl)c1C(F)(F)F. The van der Waals surface area contributed by atoms with E-state index in [2.05, 4.69) is 4.98 Å². The third-order valence-electron chi connectivity index (χ3n) is 1.53. The van der Waals surface area contributed by atoms with Crippen LogP contribution in [0.25, 0.3) is 0 Å². The molecule has 1 rings (SSSR count). The van der Waals surface area contributed by atoms with Gasteiger partial charge in [0.2, 0.25) is 0 Å². The largest absolute Gasteiger partial charge is 0.419 e. The molecule has 0 radical (unpaired) electrons. The Bertz CT molecular complexity index is 376. The van der Waals surface area contributed by atoms with E-state index < -0.39 is 33.9 Å². The lowest BCUT2D eigenvalue weighted by Gasteiger charge is -2.14. The van der Waals surface area contributed by atoms with Crippen molar-refractivity contribution in [1.29, 1.82) is 0 Å². The molecule has 0 aromatic carbocycles. The minimum absolute atomic E-state index is 0.653. The molecule has 0 aliphatic carbocycles. The molecule has 0 aliphatic heterocycles. The molecule has 0 saturated heterocycles. The van der Waals surface area contributed by atoms with E-state index in [1.54, 1.807) is 0 Å². The van der Waals surface area contributed by atoms with E-state index in [4.69, 9.17) is 23.2 Å². The summed E-state index contributed by atoms with van der Waals surface area (Å²) in [6.07, 6.45) is -7.73. The van der Waals surface area contributed by atoms with Gasteiger partial charge in [0.05, 0.1) is 10.6 Å². The van der Waals surface area contributed by atoms with Gasteiger partial charge in [0.1, 0.15) is 10.7 Å². The van der Waals surface area contributed by atoms with Crippen molar-refractivity contribution in [1.82, 2.24) is 4.98 Å². The van der Waals surface area contributed by atoms with Crippen LogP contribution in [0.4, 0.5) is 22.0 Å². The van der Waals surface area contributed by atoms with Crippen molar-refractivity contribution in [3.63, 3.8) is 0 Å². The van der Waals surface area contributed by atoms with Crippen molar-refractivity contribution in [2.45, 2.75) is 12.6 Å². The maximum Gasteiger partial charge on any atom is 0.419 e. The van der Waals surface area contributed by atoms with Gasteiger partial charge >= 0.3 is 6.18 Å². The molecule has 0 N–H and O–H groups in total. The minimum Gasteiger partial charge on any atom is -0.242 e. The maximum absolute atomic E-state index is 12.3. The fourth-order valence-electron chi connectivity index (χ4n) is 0.961. The van der Waals surface area contributed by atoms with Gasteiger partial charge in [0.15, 0.2) is 0 Å². The highest BCUT2D eigenvalue weighted by molar-refractivity contribution is 6.33. The highest BCUT2D eigenvalue weighted by atomic mass is 35.5. The van der Waals surface area contributed by atoms with Crippen molar-refractivity contribution in [3.05, 3.63) is 27.5 Å². The Balaban J connectivity index is 3.53. The molecular formula is C7H2Cl2F5N. The highest BCUT2D eigenvalue weighted by Gasteiger charge is 2.40. The molecule has 0 unspecified atom stereocenters. The molecule has 1 aromatic rings.